The number of halogens is 2. The summed E-state index contributed by atoms with van der Waals surface area (Å²) < 4.78 is 5.17. The van der Waals surface area contributed by atoms with E-state index in [1.807, 2.05) is 30.3 Å². The topological polar surface area (TPSA) is 21.3 Å². The first-order chi connectivity index (χ1) is 10.2. The van der Waals surface area contributed by atoms with Crippen molar-refractivity contribution in [1.29, 1.82) is 0 Å². The summed E-state index contributed by atoms with van der Waals surface area (Å²) in [4.78, 5) is 0. The molecule has 3 rings (SSSR count). The number of rotatable bonds is 5. The molecule has 2 aromatic carbocycles. The highest BCUT2D eigenvalue weighted by Gasteiger charge is 2.20. The van der Waals surface area contributed by atoms with Gasteiger partial charge in [-0.1, -0.05) is 41.4 Å². The van der Waals surface area contributed by atoms with Crippen molar-refractivity contribution in [2.24, 2.45) is 0 Å². The van der Waals surface area contributed by atoms with Gasteiger partial charge in [-0.2, -0.15) is 0 Å². The van der Waals surface area contributed by atoms with Crippen LogP contribution in [0.25, 0.3) is 11.1 Å². The Bertz CT molecular complexity index is 653. The molecule has 0 aromatic heterocycles. The van der Waals surface area contributed by atoms with Gasteiger partial charge in [0, 0.05) is 23.2 Å². The molecule has 0 spiro atoms. The largest absolute Gasteiger partial charge is 0.495 e. The van der Waals surface area contributed by atoms with Crippen molar-refractivity contribution >= 4 is 23.2 Å². The molecule has 0 aliphatic heterocycles. The van der Waals surface area contributed by atoms with Crippen LogP contribution in [0.3, 0.4) is 0 Å². The molecule has 1 N–H and O–H groups in total. The molecule has 1 fully saturated rings. The molecule has 1 saturated carbocycles. The summed E-state index contributed by atoms with van der Waals surface area (Å²) in [5, 5.41) is 4.82. The number of ether oxygens (including phenoxy) is 1. The highest BCUT2D eigenvalue weighted by molar-refractivity contribution is 6.34. The summed E-state index contributed by atoms with van der Waals surface area (Å²) >= 11 is 12.6. The lowest BCUT2D eigenvalue weighted by atomic mass is 10.0. The first kappa shape index (κ1) is 14.7. The Balaban J connectivity index is 1.82. The first-order valence-corrected chi connectivity index (χ1v) is 7.78. The zero-order valence-corrected chi connectivity index (χ0v) is 13.3. The second kappa shape index (κ2) is 6.27. The molecule has 0 saturated heterocycles. The van der Waals surface area contributed by atoms with Gasteiger partial charge in [-0.15, -0.1) is 0 Å². The van der Waals surface area contributed by atoms with Gasteiger partial charge in [-0.05, 0) is 42.2 Å². The molecule has 0 atom stereocenters. The van der Waals surface area contributed by atoms with Gasteiger partial charge >= 0.3 is 0 Å². The van der Waals surface area contributed by atoms with E-state index in [4.69, 9.17) is 27.9 Å². The van der Waals surface area contributed by atoms with E-state index in [9.17, 15) is 0 Å². The highest BCUT2D eigenvalue weighted by atomic mass is 35.5. The Morgan fingerprint density at radius 3 is 2.52 bits per heavy atom. The van der Waals surface area contributed by atoms with E-state index in [1.54, 1.807) is 7.11 Å². The lowest BCUT2D eigenvalue weighted by Crippen LogP contribution is -2.15. The number of benzene rings is 2. The fraction of sp³-hybridized carbons (Fsp3) is 0.294. The van der Waals surface area contributed by atoms with Crippen LogP contribution in [0.5, 0.6) is 5.75 Å². The van der Waals surface area contributed by atoms with Gasteiger partial charge in [0.15, 0.2) is 0 Å². The smallest absolute Gasteiger partial charge is 0.137 e. The fourth-order valence-corrected chi connectivity index (χ4v) is 2.86. The monoisotopic (exact) mass is 321 g/mol. The number of hydrogen-bond donors (Lipinski definition) is 1. The third kappa shape index (κ3) is 3.52. The minimum absolute atomic E-state index is 0.588. The third-order valence-electron chi connectivity index (χ3n) is 3.67. The predicted molar refractivity (Wildman–Crippen MR) is 88.3 cm³/mol. The van der Waals surface area contributed by atoms with E-state index >= 15 is 0 Å². The third-order valence-corrected chi connectivity index (χ3v) is 4.28. The Labute approximate surface area is 135 Å². The molecule has 0 amide bonds. The lowest BCUT2D eigenvalue weighted by molar-refractivity contribution is 0.415. The fourth-order valence-electron chi connectivity index (χ4n) is 2.29. The molecular weight excluding hydrogens is 305 g/mol. The first-order valence-electron chi connectivity index (χ1n) is 7.03. The normalized spacial score (nSPS) is 14.2. The highest BCUT2D eigenvalue weighted by Crippen LogP contribution is 2.34. The van der Waals surface area contributed by atoms with Crippen molar-refractivity contribution in [3.8, 4) is 16.9 Å². The standard InChI is InChI=1S/C17H17Cl2NO/c1-21-17-7-3-12(9-16(17)19)14-6-2-11(8-15(14)18)10-20-13-4-5-13/h2-3,6-9,13,20H,4-5,10H2,1H3. The van der Waals surface area contributed by atoms with E-state index in [0.717, 1.165) is 22.7 Å². The summed E-state index contributed by atoms with van der Waals surface area (Å²) in [6.07, 6.45) is 2.58. The zero-order valence-electron chi connectivity index (χ0n) is 11.8. The molecule has 0 radical (unpaired) electrons. The summed E-state index contributed by atoms with van der Waals surface area (Å²) in [6.45, 7) is 0.869. The van der Waals surface area contributed by atoms with Crippen LogP contribution in [0.4, 0.5) is 0 Å². The quantitative estimate of drug-likeness (QED) is 0.843. The summed E-state index contributed by atoms with van der Waals surface area (Å²) in [5.74, 6) is 0.668. The van der Waals surface area contributed by atoms with Crippen molar-refractivity contribution in [2.45, 2.75) is 25.4 Å². The maximum Gasteiger partial charge on any atom is 0.137 e. The summed E-state index contributed by atoms with van der Waals surface area (Å²) in [6, 6.07) is 12.6. The van der Waals surface area contributed by atoms with E-state index < -0.39 is 0 Å². The molecule has 2 aromatic rings. The van der Waals surface area contributed by atoms with Crippen LogP contribution < -0.4 is 10.1 Å². The Hall–Kier alpha value is -1.22. The Morgan fingerprint density at radius 1 is 1.10 bits per heavy atom. The maximum absolute atomic E-state index is 6.42. The van der Waals surface area contributed by atoms with Crippen LogP contribution >= 0.6 is 23.2 Å². The van der Waals surface area contributed by atoms with E-state index in [-0.39, 0.29) is 0 Å². The second-order valence-electron chi connectivity index (χ2n) is 5.32. The summed E-state index contributed by atoms with van der Waals surface area (Å²) in [7, 11) is 1.61. The average molecular weight is 322 g/mol. The van der Waals surface area contributed by atoms with Crippen LogP contribution in [0, 0.1) is 0 Å². The van der Waals surface area contributed by atoms with Gasteiger partial charge in [-0.25, -0.2) is 0 Å². The van der Waals surface area contributed by atoms with Crippen molar-refractivity contribution in [3.05, 3.63) is 52.0 Å². The molecule has 1 aliphatic carbocycles. The van der Waals surface area contributed by atoms with Gasteiger partial charge in [0.25, 0.3) is 0 Å². The molecular formula is C17H17Cl2NO. The predicted octanol–water partition coefficient (Wildman–Crippen LogP) is 4.92. The number of hydrogen-bond acceptors (Lipinski definition) is 2. The molecule has 1 aliphatic rings. The molecule has 0 unspecified atom stereocenters. The van der Waals surface area contributed by atoms with Crippen molar-refractivity contribution < 1.29 is 4.74 Å². The molecule has 4 heteroatoms. The van der Waals surface area contributed by atoms with Crippen LogP contribution in [0.2, 0.25) is 10.0 Å². The van der Waals surface area contributed by atoms with Crippen molar-refractivity contribution in [1.82, 2.24) is 5.32 Å². The second-order valence-corrected chi connectivity index (χ2v) is 6.13. The van der Waals surface area contributed by atoms with E-state index in [1.165, 1.54) is 18.4 Å². The van der Waals surface area contributed by atoms with Gasteiger partial charge < -0.3 is 10.1 Å². The van der Waals surface area contributed by atoms with Gasteiger partial charge in [-0.3, -0.25) is 0 Å². The number of methoxy groups -OCH3 is 1. The Kier molecular flexibility index (Phi) is 4.39. The Morgan fingerprint density at radius 2 is 1.90 bits per heavy atom. The van der Waals surface area contributed by atoms with Crippen LogP contribution in [0.15, 0.2) is 36.4 Å². The maximum atomic E-state index is 6.42. The van der Waals surface area contributed by atoms with Gasteiger partial charge in [0.05, 0.1) is 12.1 Å². The van der Waals surface area contributed by atoms with Crippen LogP contribution in [0.1, 0.15) is 18.4 Å². The van der Waals surface area contributed by atoms with Crippen LogP contribution in [-0.4, -0.2) is 13.2 Å². The lowest BCUT2D eigenvalue weighted by Gasteiger charge is -2.10. The average Bonchev–Trinajstić information content (AvgIpc) is 3.29. The minimum atomic E-state index is 0.588. The number of nitrogens with one attached hydrogen (secondary N) is 1. The van der Waals surface area contributed by atoms with Crippen molar-refractivity contribution in [2.75, 3.05) is 7.11 Å². The van der Waals surface area contributed by atoms with Gasteiger partial charge in [0.1, 0.15) is 5.75 Å². The van der Waals surface area contributed by atoms with Crippen molar-refractivity contribution in [3.63, 3.8) is 0 Å². The zero-order chi connectivity index (χ0) is 14.8. The molecule has 21 heavy (non-hydrogen) atoms. The summed E-state index contributed by atoms with van der Waals surface area (Å²) in [5.41, 5.74) is 3.18. The minimum Gasteiger partial charge on any atom is -0.495 e. The van der Waals surface area contributed by atoms with E-state index in [0.29, 0.717) is 16.8 Å². The van der Waals surface area contributed by atoms with Crippen LogP contribution in [-0.2, 0) is 6.54 Å². The molecule has 2 nitrogen and oxygen atoms in total. The molecule has 0 bridgehead atoms. The molecule has 110 valence electrons. The molecule has 0 heterocycles. The van der Waals surface area contributed by atoms with Gasteiger partial charge in [0.2, 0.25) is 0 Å². The SMILES string of the molecule is COc1ccc(-c2ccc(CNC3CC3)cc2Cl)cc1Cl. The van der Waals surface area contributed by atoms with E-state index in [2.05, 4.69) is 11.4 Å².